The minimum Gasteiger partial charge on any atom is -0.293 e. The Morgan fingerprint density at radius 2 is 1.70 bits per heavy atom. The maximum Gasteiger partial charge on any atom is 0.175 e. The van der Waals surface area contributed by atoms with Crippen LogP contribution in [0.5, 0.6) is 0 Å². The molecule has 0 fully saturated rings. The highest BCUT2D eigenvalue weighted by Gasteiger charge is 2.11. The fourth-order valence-electron chi connectivity index (χ4n) is 1.96. The molecule has 1 atom stereocenters. The summed E-state index contributed by atoms with van der Waals surface area (Å²) >= 11 is 0. The van der Waals surface area contributed by atoms with E-state index >= 15 is 0 Å². The molecule has 2 nitrogen and oxygen atoms in total. The van der Waals surface area contributed by atoms with Crippen molar-refractivity contribution in [2.75, 3.05) is 5.75 Å². The Hall–Kier alpha value is -1.74. The Balaban J connectivity index is 2.00. The van der Waals surface area contributed by atoms with Crippen molar-refractivity contribution >= 4 is 16.6 Å². The van der Waals surface area contributed by atoms with Gasteiger partial charge in [0.05, 0.1) is 5.75 Å². The van der Waals surface area contributed by atoms with Crippen molar-refractivity contribution in [3.63, 3.8) is 0 Å². The first-order valence-corrected chi connectivity index (χ1v) is 8.04. The lowest BCUT2D eigenvalue weighted by atomic mass is 10.0. The molecule has 0 aromatic heterocycles. The summed E-state index contributed by atoms with van der Waals surface area (Å²) in [7, 11) is -1.16. The first kappa shape index (κ1) is 14.7. The van der Waals surface area contributed by atoms with Crippen molar-refractivity contribution in [2.24, 2.45) is 0 Å². The van der Waals surface area contributed by atoms with Crippen LogP contribution in [0.1, 0.15) is 27.0 Å². The Bertz CT molecular complexity index is 633. The third-order valence-electron chi connectivity index (χ3n) is 3.29. The predicted octanol–water partition coefficient (Wildman–Crippen LogP) is 3.44. The van der Waals surface area contributed by atoms with E-state index in [-0.39, 0.29) is 11.5 Å². The summed E-state index contributed by atoms with van der Waals surface area (Å²) in [5.41, 5.74) is 3.89. The van der Waals surface area contributed by atoms with Gasteiger partial charge < -0.3 is 0 Å². The predicted molar refractivity (Wildman–Crippen MR) is 83.4 cm³/mol. The minimum atomic E-state index is -1.16. The van der Waals surface area contributed by atoms with Gasteiger partial charge in [0.2, 0.25) is 0 Å². The molecular formula is C17H18O2S. The number of Topliss-reactive ketones (excluding diaryl/α,β-unsaturated/α-hetero) is 1. The van der Waals surface area contributed by atoms with Crippen molar-refractivity contribution in [2.45, 2.75) is 19.6 Å². The molecule has 0 saturated heterocycles. The summed E-state index contributed by atoms with van der Waals surface area (Å²) in [6, 6.07) is 15.2. The summed E-state index contributed by atoms with van der Waals surface area (Å²) in [4.78, 5) is 12.1. The fraction of sp³-hybridized carbons (Fsp3) is 0.235. The van der Waals surface area contributed by atoms with Crippen molar-refractivity contribution in [1.82, 2.24) is 0 Å². The Morgan fingerprint density at radius 1 is 1.00 bits per heavy atom. The highest BCUT2D eigenvalue weighted by molar-refractivity contribution is 7.85. The first-order chi connectivity index (χ1) is 9.56. The quantitative estimate of drug-likeness (QED) is 0.789. The molecule has 1 unspecified atom stereocenters. The van der Waals surface area contributed by atoms with Crippen molar-refractivity contribution in [1.29, 1.82) is 0 Å². The lowest BCUT2D eigenvalue weighted by Gasteiger charge is -2.05. The van der Waals surface area contributed by atoms with Crippen LogP contribution in [0.2, 0.25) is 0 Å². The Morgan fingerprint density at radius 3 is 2.35 bits per heavy atom. The van der Waals surface area contributed by atoms with Gasteiger partial charge in [-0.3, -0.25) is 9.00 Å². The number of aryl methyl sites for hydroxylation is 2. The van der Waals surface area contributed by atoms with Gasteiger partial charge in [-0.15, -0.1) is 0 Å². The lowest BCUT2D eigenvalue weighted by molar-refractivity contribution is 0.102. The van der Waals surface area contributed by atoms with E-state index < -0.39 is 10.8 Å². The number of carbonyl (C=O) groups excluding carboxylic acids is 1. The zero-order valence-corrected chi connectivity index (χ0v) is 12.6. The number of hydrogen-bond donors (Lipinski definition) is 0. The van der Waals surface area contributed by atoms with Crippen LogP contribution in [0.3, 0.4) is 0 Å². The molecule has 0 aliphatic heterocycles. The molecule has 3 heteroatoms. The van der Waals surface area contributed by atoms with Gasteiger partial charge in [0.25, 0.3) is 0 Å². The second-order valence-corrected chi connectivity index (χ2v) is 6.39. The van der Waals surface area contributed by atoms with Crippen LogP contribution >= 0.6 is 0 Å². The first-order valence-electron chi connectivity index (χ1n) is 6.55. The molecule has 0 bridgehead atoms. The van der Waals surface area contributed by atoms with E-state index in [2.05, 4.69) is 0 Å². The molecule has 0 spiro atoms. The number of rotatable bonds is 5. The Kier molecular flexibility index (Phi) is 4.85. The Labute approximate surface area is 122 Å². The van der Waals surface area contributed by atoms with Crippen LogP contribution < -0.4 is 0 Å². The molecular weight excluding hydrogens is 268 g/mol. The maximum atomic E-state index is 12.1. The summed E-state index contributed by atoms with van der Waals surface area (Å²) in [6.07, 6.45) is 0. The van der Waals surface area contributed by atoms with E-state index in [1.807, 2.05) is 62.4 Å². The molecule has 0 saturated carbocycles. The van der Waals surface area contributed by atoms with Gasteiger partial charge in [0, 0.05) is 22.1 Å². The number of benzene rings is 2. The van der Waals surface area contributed by atoms with Gasteiger partial charge in [0.15, 0.2) is 5.78 Å². The molecule has 0 amide bonds. The van der Waals surface area contributed by atoms with Gasteiger partial charge in [-0.05, 0) is 36.6 Å². The van der Waals surface area contributed by atoms with Crippen LogP contribution in [0.4, 0.5) is 0 Å². The molecule has 2 aromatic rings. The monoisotopic (exact) mass is 286 g/mol. The molecule has 0 heterocycles. The fourth-order valence-corrected chi connectivity index (χ4v) is 3.08. The largest absolute Gasteiger partial charge is 0.293 e. The maximum absolute atomic E-state index is 12.1. The molecule has 0 radical (unpaired) electrons. The summed E-state index contributed by atoms with van der Waals surface area (Å²) in [6.45, 7) is 3.99. The third kappa shape index (κ3) is 3.87. The van der Waals surface area contributed by atoms with Crippen molar-refractivity contribution in [3.05, 3.63) is 70.8 Å². The van der Waals surface area contributed by atoms with Gasteiger partial charge in [-0.25, -0.2) is 0 Å². The zero-order valence-electron chi connectivity index (χ0n) is 11.8. The summed E-state index contributed by atoms with van der Waals surface area (Å²) < 4.78 is 12.0. The summed E-state index contributed by atoms with van der Waals surface area (Å²) in [5, 5.41) is 0. The number of hydrogen-bond acceptors (Lipinski definition) is 2. The van der Waals surface area contributed by atoms with Crippen LogP contribution in [-0.2, 0) is 16.6 Å². The van der Waals surface area contributed by atoms with E-state index in [4.69, 9.17) is 0 Å². The van der Waals surface area contributed by atoms with Gasteiger partial charge >= 0.3 is 0 Å². The minimum absolute atomic E-state index is 0.0534. The van der Waals surface area contributed by atoms with E-state index in [1.165, 1.54) is 0 Å². The van der Waals surface area contributed by atoms with Gasteiger partial charge in [0.1, 0.15) is 0 Å². The van der Waals surface area contributed by atoms with Crippen LogP contribution in [0, 0.1) is 13.8 Å². The molecule has 0 aliphatic rings. The van der Waals surface area contributed by atoms with Crippen LogP contribution in [0.25, 0.3) is 0 Å². The second-order valence-electron chi connectivity index (χ2n) is 4.94. The normalized spacial score (nSPS) is 12.1. The molecule has 2 rings (SSSR count). The molecule has 20 heavy (non-hydrogen) atoms. The SMILES string of the molecule is Cc1ccc(C(=O)CS(=O)Cc2ccccc2)cc1C. The zero-order chi connectivity index (χ0) is 14.5. The molecule has 104 valence electrons. The van der Waals surface area contributed by atoms with E-state index in [9.17, 15) is 9.00 Å². The number of ketones is 1. The van der Waals surface area contributed by atoms with E-state index in [0.717, 1.165) is 16.7 Å². The second kappa shape index (κ2) is 6.62. The lowest BCUT2D eigenvalue weighted by Crippen LogP contribution is -2.12. The summed E-state index contributed by atoms with van der Waals surface area (Å²) in [5.74, 6) is 0.455. The smallest absolute Gasteiger partial charge is 0.175 e. The number of carbonyl (C=O) groups is 1. The van der Waals surface area contributed by atoms with Gasteiger partial charge in [-0.1, -0.05) is 42.5 Å². The standard InChI is InChI=1S/C17H18O2S/c1-13-8-9-16(10-14(13)2)17(18)12-20(19)11-15-6-4-3-5-7-15/h3-10H,11-12H2,1-2H3. The van der Waals surface area contributed by atoms with Gasteiger partial charge in [-0.2, -0.15) is 0 Å². The highest BCUT2D eigenvalue weighted by atomic mass is 32.2. The van der Waals surface area contributed by atoms with Crippen molar-refractivity contribution in [3.8, 4) is 0 Å². The molecule has 0 N–H and O–H groups in total. The highest BCUT2D eigenvalue weighted by Crippen LogP contribution is 2.11. The molecule has 0 aliphatic carbocycles. The molecule has 2 aromatic carbocycles. The average Bonchev–Trinajstić information content (AvgIpc) is 2.42. The van der Waals surface area contributed by atoms with E-state index in [0.29, 0.717) is 11.3 Å². The van der Waals surface area contributed by atoms with Crippen molar-refractivity contribution < 1.29 is 9.00 Å². The topological polar surface area (TPSA) is 34.1 Å². The van der Waals surface area contributed by atoms with Crippen LogP contribution in [0.15, 0.2) is 48.5 Å². The van der Waals surface area contributed by atoms with Crippen LogP contribution in [-0.4, -0.2) is 15.7 Å². The average molecular weight is 286 g/mol. The van der Waals surface area contributed by atoms with E-state index in [1.54, 1.807) is 0 Å². The third-order valence-corrected chi connectivity index (χ3v) is 4.53.